The molecule has 1 N–H and O–H groups in total. The van der Waals surface area contributed by atoms with Crippen LogP contribution in [0, 0.1) is 10.5 Å². The van der Waals surface area contributed by atoms with Crippen molar-refractivity contribution in [2.24, 2.45) is 0 Å². The summed E-state index contributed by atoms with van der Waals surface area (Å²) in [6.45, 7) is 3.32. The minimum absolute atomic E-state index is 0.267. The highest BCUT2D eigenvalue weighted by Crippen LogP contribution is 2.32. The van der Waals surface area contributed by atoms with Gasteiger partial charge in [0.25, 0.3) is 0 Å². The van der Waals surface area contributed by atoms with Gasteiger partial charge in [-0.05, 0) is 53.3 Å². The van der Waals surface area contributed by atoms with Gasteiger partial charge in [0.15, 0.2) is 0 Å². The second kappa shape index (κ2) is 4.69. The van der Waals surface area contributed by atoms with Crippen LogP contribution in [-0.2, 0) is 6.18 Å². The second-order valence-electron chi connectivity index (χ2n) is 3.11. The van der Waals surface area contributed by atoms with Gasteiger partial charge in [-0.15, -0.1) is 0 Å². The minimum Gasteiger partial charge on any atom is -0.396 e. The normalized spacial score (nSPS) is 14.0. The lowest BCUT2D eigenvalue weighted by atomic mass is 10.00. The smallest absolute Gasteiger partial charge is 0.396 e. The maximum atomic E-state index is 12.4. The zero-order chi connectivity index (χ0) is 11.6. The molecular weight excluding hydrogens is 320 g/mol. The molecule has 0 amide bonds. The second-order valence-corrected chi connectivity index (χ2v) is 4.28. The molecule has 0 aromatic heterocycles. The topological polar surface area (TPSA) is 20.2 Å². The molecule has 0 saturated heterocycles. The average molecular weight is 329 g/mol. The first-order valence-electron chi connectivity index (χ1n) is 4.17. The van der Waals surface area contributed by atoms with E-state index in [0.29, 0.717) is 9.13 Å². The van der Waals surface area contributed by atoms with E-state index in [4.69, 9.17) is 5.11 Å². The summed E-state index contributed by atoms with van der Waals surface area (Å²) in [6, 6.07) is 3.44. The Morgan fingerprint density at radius 2 is 2.00 bits per heavy atom. The third-order valence-corrected chi connectivity index (χ3v) is 2.97. The molecule has 1 radical (unpaired) electrons. The lowest BCUT2D eigenvalue weighted by Crippen LogP contribution is -2.08. The maximum Gasteiger partial charge on any atom is 0.416 e. The first-order valence-corrected chi connectivity index (χ1v) is 5.24. The molecule has 1 atom stereocenters. The van der Waals surface area contributed by atoms with Crippen molar-refractivity contribution in [2.45, 2.75) is 12.1 Å². The van der Waals surface area contributed by atoms with E-state index in [1.165, 1.54) is 6.07 Å². The van der Waals surface area contributed by atoms with E-state index in [9.17, 15) is 13.2 Å². The van der Waals surface area contributed by atoms with Crippen molar-refractivity contribution < 1.29 is 18.3 Å². The molecule has 1 unspecified atom stereocenters. The molecule has 1 aromatic rings. The molecule has 15 heavy (non-hydrogen) atoms. The standard InChI is InChI=1S/C10H9F3IO/c1-6(5-15)8-4-7(10(11,12)13)2-3-9(8)14/h2-4,6,15H,1,5H2. The van der Waals surface area contributed by atoms with Crippen molar-refractivity contribution >= 4 is 22.6 Å². The van der Waals surface area contributed by atoms with E-state index in [1.54, 1.807) is 0 Å². The van der Waals surface area contributed by atoms with Crippen LogP contribution in [0.15, 0.2) is 18.2 Å². The van der Waals surface area contributed by atoms with Crippen LogP contribution in [0.2, 0.25) is 0 Å². The molecule has 0 heterocycles. The van der Waals surface area contributed by atoms with E-state index < -0.39 is 17.7 Å². The number of halogens is 4. The number of benzene rings is 1. The Labute approximate surface area is 99.4 Å². The molecule has 1 aromatic carbocycles. The van der Waals surface area contributed by atoms with E-state index in [-0.39, 0.29) is 6.61 Å². The molecule has 5 heteroatoms. The van der Waals surface area contributed by atoms with Crippen LogP contribution in [0.3, 0.4) is 0 Å². The van der Waals surface area contributed by atoms with Crippen molar-refractivity contribution in [3.8, 4) is 0 Å². The number of rotatable bonds is 2. The molecular formula is C10H9F3IO. The van der Waals surface area contributed by atoms with Gasteiger partial charge < -0.3 is 5.11 Å². The molecule has 0 aliphatic heterocycles. The zero-order valence-electron chi connectivity index (χ0n) is 7.68. The van der Waals surface area contributed by atoms with Gasteiger partial charge in [0.05, 0.1) is 5.56 Å². The van der Waals surface area contributed by atoms with Gasteiger partial charge in [-0.2, -0.15) is 13.2 Å². The largest absolute Gasteiger partial charge is 0.416 e. The van der Waals surface area contributed by atoms with Gasteiger partial charge in [-0.1, -0.05) is 0 Å². The summed E-state index contributed by atoms with van der Waals surface area (Å²) >= 11 is 1.93. The SMILES string of the molecule is [CH2]C(CO)c1cc(C(F)(F)F)ccc1I. The van der Waals surface area contributed by atoms with E-state index >= 15 is 0 Å². The number of hydrogen-bond donors (Lipinski definition) is 1. The van der Waals surface area contributed by atoms with Crippen LogP contribution < -0.4 is 0 Å². The van der Waals surface area contributed by atoms with Gasteiger partial charge in [0.1, 0.15) is 0 Å². The Kier molecular flexibility index (Phi) is 3.99. The summed E-state index contributed by atoms with van der Waals surface area (Å²) in [4.78, 5) is 0. The molecule has 83 valence electrons. The Morgan fingerprint density at radius 3 is 2.47 bits per heavy atom. The minimum atomic E-state index is -4.35. The number of aliphatic hydroxyl groups is 1. The van der Waals surface area contributed by atoms with E-state index in [2.05, 4.69) is 6.92 Å². The van der Waals surface area contributed by atoms with E-state index in [0.717, 1.165) is 12.1 Å². The molecule has 1 nitrogen and oxygen atoms in total. The zero-order valence-corrected chi connectivity index (χ0v) is 9.84. The highest BCUT2D eigenvalue weighted by molar-refractivity contribution is 14.1. The lowest BCUT2D eigenvalue weighted by molar-refractivity contribution is -0.137. The molecule has 0 aliphatic carbocycles. The predicted octanol–water partition coefficient (Wildman–Crippen LogP) is 3.22. The van der Waals surface area contributed by atoms with Crippen molar-refractivity contribution in [2.75, 3.05) is 6.61 Å². The third kappa shape index (κ3) is 3.07. The van der Waals surface area contributed by atoms with Crippen LogP contribution >= 0.6 is 22.6 Å². The fourth-order valence-corrected chi connectivity index (χ4v) is 1.91. The molecule has 0 fully saturated rings. The lowest BCUT2D eigenvalue weighted by Gasteiger charge is -2.14. The fraction of sp³-hybridized carbons (Fsp3) is 0.300. The Hall–Kier alpha value is -0.300. The van der Waals surface area contributed by atoms with Crippen molar-refractivity contribution in [1.82, 2.24) is 0 Å². The quantitative estimate of drug-likeness (QED) is 0.826. The summed E-state index contributed by atoms with van der Waals surface area (Å²) in [6.07, 6.45) is -4.35. The van der Waals surface area contributed by atoms with Crippen LogP contribution in [0.5, 0.6) is 0 Å². The molecule has 0 aliphatic rings. The van der Waals surface area contributed by atoms with Crippen LogP contribution in [0.4, 0.5) is 13.2 Å². The van der Waals surface area contributed by atoms with Crippen molar-refractivity contribution in [3.05, 3.63) is 39.8 Å². The third-order valence-electron chi connectivity index (χ3n) is 1.98. The molecule has 0 spiro atoms. The molecule has 1 rings (SSSR count). The highest BCUT2D eigenvalue weighted by atomic mass is 127. The Balaban J connectivity index is 3.17. The summed E-state index contributed by atoms with van der Waals surface area (Å²) in [5.41, 5.74) is -0.284. The monoisotopic (exact) mass is 329 g/mol. The van der Waals surface area contributed by atoms with Crippen LogP contribution in [-0.4, -0.2) is 11.7 Å². The fourth-order valence-electron chi connectivity index (χ4n) is 1.13. The first-order chi connectivity index (χ1) is 6.86. The summed E-state index contributed by atoms with van der Waals surface area (Å²) < 4.78 is 37.8. The number of aliphatic hydroxyl groups excluding tert-OH is 1. The highest BCUT2D eigenvalue weighted by Gasteiger charge is 2.31. The van der Waals surface area contributed by atoms with Crippen LogP contribution in [0.1, 0.15) is 17.0 Å². The Bertz CT molecular complexity index is 349. The van der Waals surface area contributed by atoms with Gasteiger partial charge >= 0.3 is 6.18 Å². The van der Waals surface area contributed by atoms with Gasteiger partial charge in [0.2, 0.25) is 0 Å². The predicted molar refractivity (Wildman–Crippen MR) is 59.3 cm³/mol. The Morgan fingerprint density at radius 1 is 1.40 bits per heavy atom. The van der Waals surface area contributed by atoms with Gasteiger partial charge in [-0.3, -0.25) is 0 Å². The number of alkyl halides is 3. The van der Waals surface area contributed by atoms with Gasteiger partial charge in [-0.25, -0.2) is 0 Å². The number of hydrogen-bond acceptors (Lipinski definition) is 1. The maximum absolute atomic E-state index is 12.4. The van der Waals surface area contributed by atoms with Crippen LogP contribution in [0.25, 0.3) is 0 Å². The first kappa shape index (κ1) is 12.8. The van der Waals surface area contributed by atoms with Crippen molar-refractivity contribution in [1.29, 1.82) is 0 Å². The summed E-state index contributed by atoms with van der Waals surface area (Å²) in [7, 11) is 0. The molecule has 0 saturated carbocycles. The van der Waals surface area contributed by atoms with Gasteiger partial charge in [0, 0.05) is 16.1 Å². The average Bonchev–Trinajstić information content (AvgIpc) is 2.15. The molecule has 0 bridgehead atoms. The summed E-state index contributed by atoms with van der Waals surface area (Å²) in [5, 5.41) is 8.86. The summed E-state index contributed by atoms with van der Waals surface area (Å²) in [5.74, 6) is -0.529. The van der Waals surface area contributed by atoms with Crippen molar-refractivity contribution in [3.63, 3.8) is 0 Å². The van der Waals surface area contributed by atoms with E-state index in [1.807, 2.05) is 22.6 Å².